The van der Waals surface area contributed by atoms with Crippen LogP contribution in [0.1, 0.15) is 38.3 Å². The van der Waals surface area contributed by atoms with Crippen LogP contribution in [0.3, 0.4) is 0 Å². The van der Waals surface area contributed by atoms with Gasteiger partial charge in [-0.15, -0.1) is 0 Å². The molecule has 5 heteroatoms. The molecular formula is C19H25NO4. The van der Waals surface area contributed by atoms with Crippen LogP contribution in [0.25, 0.3) is 5.57 Å². The Hall–Kier alpha value is -2.30. The van der Waals surface area contributed by atoms with E-state index < -0.39 is 5.97 Å². The summed E-state index contributed by atoms with van der Waals surface area (Å²) in [5.74, 6) is 0.0375. The fourth-order valence-corrected chi connectivity index (χ4v) is 2.81. The molecule has 2 rings (SSSR count). The molecule has 1 aromatic carbocycles. The molecule has 5 nitrogen and oxygen atoms in total. The van der Waals surface area contributed by atoms with Gasteiger partial charge in [-0.2, -0.15) is 0 Å². The molecule has 1 aromatic rings. The van der Waals surface area contributed by atoms with Gasteiger partial charge in [0.2, 0.25) is 0 Å². The van der Waals surface area contributed by atoms with Gasteiger partial charge in [-0.1, -0.05) is 43.3 Å². The maximum Gasteiger partial charge on any atom is 0.341 e. The minimum absolute atomic E-state index is 0.276. The van der Waals surface area contributed by atoms with E-state index in [-0.39, 0.29) is 6.61 Å². The van der Waals surface area contributed by atoms with E-state index in [1.54, 1.807) is 0 Å². The first-order chi connectivity index (χ1) is 11.4. The second-order valence-corrected chi connectivity index (χ2v) is 6.67. The molecule has 1 unspecified atom stereocenters. The lowest BCUT2D eigenvalue weighted by molar-refractivity contribution is -0.133. The number of esters is 1. The summed E-state index contributed by atoms with van der Waals surface area (Å²) in [5, 5.41) is 4.24. The van der Waals surface area contributed by atoms with Crippen molar-refractivity contribution in [3.05, 3.63) is 41.7 Å². The fraction of sp³-hybridized carbons (Fsp3) is 0.474. The van der Waals surface area contributed by atoms with Crippen LogP contribution in [0, 0.1) is 11.3 Å². The Bertz CT molecular complexity index is 661. The predicted molar refractivity (Wildman–Crippen MR) is 93.2 cm³/mol. The van der Waals surface area contributed by atoms with E-state index >= 15 is 0 Å². The number of benzene rings is 1. The first-order valence-corrected chi connectivity index (χ1v) is 7.96. The highest BCUT2D eigenvalue weighted by molar-refractivity contribution is 6.16. The summed E-state index contributed by atoms with van der Waals surface area (Å²) in [6.07, 6.45) is 2.53. The number of oxime groups is 1. The molecule has 0 spiro atoms. The molecule has 1 aliphatic rings. The Balaban J connectivity index is 2.13. The number of rotatable bonds is 7. The predicted octanol–water partition coefficient (Wildman–Crippen LogP) is 3.79. The SMILES string of the molecule is CO/C=C(/C(=O)OC)c1ccccc1CO/N=C(\C)C1CC1(C)C. The third kappa shape index (κ3) is 4.16. The van der Waals surface area contributed by atoms with Crippen LogP contribution >= 0.6 is 0 Å². The van der Waals surface area contributed by atoms with E-state index in [1.807, 2.05) is 31.2 Å². The zero-order valence-electron chi connectivity index (χ0n) is 15.0. The molecule has 0 bridgehead atoms. The summed E-state index contributed by atoms with van der Waals surface area (Å²) >= 11 is 0. The van der Waals surface area contributed by atoms with E-state index in [2.05, 4.69) is 19.0 Å². The fourth-order valence-electron chi connectivity index (χ4n) is 2.81. The minimum Gasteiger partial charge on any atom is -0.503 e. The van der Waals surface area contributed by atoms with Crippen LogP contribution < -0.4 is 0 Å². The maximum absolute atomic E-state index is 12.0. The van der Waals surface area contributed by atoms with E-state index in [4.69, 9.17) is 14.3 Å². The Kier molecular flexibility index (Phi) is 5.65. The highest BCUT2D eigenvalue weighted by Gasteiger charge is 2.47. The molecule has 1 fully saturated rings. The number of carbonyl (C=O) groups is 1. The summed E-state index contributed by atoms with van der Waals surface area (Å²) in [5.41, 5.74) is 3.25. The second-order valence-electron chi connectivity index (χ2n) is 6.67. The van der Waals surface area contributed by atoms with E-state index in [9.17, 15) is 4.79 Å². The van der Waals surface area contributed by atoms with Gasteiger partial charge in [-0.25, -0.2) is 4.79 Å². The van der Waals surface area contributed by atoms with Crippen LogP contribution in [-0.4, -0.2) is 25.9 Å². The molecule has 0 aromatic heterocycles. The van der Waals surface area contributed by atoms with Crippen molar-refractivity contribution in [2.45, 2.75) is 33.8 Å². The van der Waals surface area contributed by atoms with E-state index in [0.29, 0.717) is 22.5 Å². The van der Waals surface area contributed by atoms with Crippen molar-refractivity contribution >= 4 is 17.3 Å². The van der Waals surface area contributed by atoms with Crippen molar-refractivity contribution in [1.82, 2.24) is 0 Å². The molecule has 0 heterocycles. The molecule has 0 radical (unpaired) electrons. The molecule has 0 amide bonds. The number of nitrogens with zero attached hydrogens (tertiary/aromatic N) is 1. The van der Waals surface area contributed by atoms with Crippen LogP contribution in [0.15, 0.2) is 35.7 Å². The molecule has 0 N–H and O–H groups in total. The van der Waals surface area contributed by atoms with Gasteiger partial charge in [-0.3, -0.25) is 0 Å². The Morgan fingerprint density at radius 2 is 2.00 bits per heavy atom. The summed E-state index contributed by atoms with van der Waals surface area (Å²) in [6.45, 7) is 6.73. The molecule has 0 aliphatic heterocycles. The third-order valence-electron chi connectivity index (χ3n) is 4.39. The van der Waals surface area contributed by atoms with Gasteiger partial charge >= 0.3 is 5.97 Å². The van der Waals surface area contributed by atoms with E-state index in [0.717, 1.165) is 17.7 Å². The lowest BCUT2D eigenvalue weighted by Crippen LogP contribution is -2.07. The molecule has 1 aliphatic carbocycles. The Morgan fingerprint density at radius 3 is 2.58 bits per heavy atom. The average Bonchev–Trinajstić information content (AvgIpc) is 3.21. The van der Waals surface area contributed by atoms with Crippen LogP contribution in [0.2, 0.25) is 0 Å². The smallest absolute Gasteiger partial charge is 0.341 e. The second kappa shape index (κ2) is 7.51. The van der Waals surface area contributed by atoms with Gasteiger partial charge in [0.15, 0.2) is 0 Å². The monoisotopic (exact) mass is 331 g/mol. The highest BCUT2D eigenvalue weighted by Crippen LogP contribution is 2.52. The first kappa shape index (κ1) is 18.0. The molecule has 1 atom stereocenters. The van der Waals surface area contributed by atoms with Crippen molar-refractivity contribution < 1.29 is 19.1 Å². The van der Waals surface area contributed by atoms with Crippen LogP contribution in [-0.2, 0) is 25.7 Å². The Labute approximate surface area is 143 Å². The number of ether oxygens (including phenoxy) is 2. The van der Waals surface area contributed by atoms with Crippen LogP contribution in [0.5, 0.6) is 0 Å². The number of hydrogen-bond donors (Lipinski definition) is 0. The lowest BCUT2D eigenvalue weighted by atomic mass is 10.0. The molecule has 1 saturated carbocycles. The molecular weight excluding hydrogens is 306 g/mol. The summed E-state index contributed by atoms with van der Waals surface area (Å²) in [4.78, 5) is 17.5. The first-order valence-electron chi connectivity index (χ1n) is 7.96. The zero-order chi connectivity index (χ0) is 17.7. The van der Waals surface area contributed by atoms with Gasteiger partial charge in [0.05, 0.1) is 26.2 Å². The average molecular weight is 331 g/mol. The van der Waals surface area contributed by atoms with Crippen molar-refractivity contribution in [2.24, 2.45) is 16.5 Å². The topological polar surface area (TPSA) is 57.1 Å². The van der Waals surface area contributed by atoms with Crippen molar-refractivity contribution in [2.75, 3.05) is 14.2 Å². The maximum atomic E-state index is 12.0. The quantitative estimate of drug-likeness (QED) is 0.251. The van der Waals surface area contributed by atoms with Crippen LogP contribution in [0.4, 0.5) is 0 Å². The normalized spacial score (nSPS) is 19.6. The number of carbonyl (C=O) groups excluding carboxylic acids is 1. The standard InChI is InChI=1S/C19H25NO4/c1-13(17-10-19(17,2)3)20-24-11-14-8-6-7-9-15(14)16(12-22-4)18(21)23-5/h6-9,12,17H,10-11H2,1-5H3/b16-12+,20-13+. The molecule has 24 heavy (non-hydrogen) atoms. The van der Waals surface area contributed by atoms with Gasteiger partial charge in [0, 0.05) is 11.5 Å². The van der Waals surface area contributed by atoms with Crippen molar-refractivity contribution in [3.8, 4) is 0 Å². The zero-order valence-corrected chi connectivity index (χ0v) is 15.0. The van der Waals surface area contributed by atoms with Gasteiger partial charge in [0.1, 0.15) is 12.2 Å². The summed E-state index contributed by atoms with van der Waals surface area (Å²) in [6, 6.07) is 7.48. The Morgan fingerprint density at radius 1 is 1.33 bits per heavy atom. The minimum atomic E-state index is -0.455. The van der Waals surface area contributed by atoms with Crippen molar-refractivity contribution in [1.29, 1.82) is 0 Å². The summed E-state index contributed by atoms with van der Waals surface area (Å²) < 4.78 is 9.83. The van der Waals surface area contributed by atoms with E-state index in [1.165, 1.54) is 20.5 Å². The summed E-state index contributed by atoms with van der Waals surface area (Å²) in [7, 11) is 2.84. The molecule has 0 saturated heterocycles. The van der Waals surface area contributed by atoms with Gasteiger partial charge in [-0.05, 0) is 24.3 Å². The number of hydrogen-bond acceptors (Lipinski definition) is 5. The third-order valence-corrected chi connectivity index (χ3v) is 4.39. The van der Waals surface area contributed by atoms with Gasteiger partial charge < -0.3 is 14.3 Å². The molecule has 130 valence electrons. The van der Waals surface area contributed by atoms with Gasteiger partial charge in [0.25, 0.3) is 0 Å². The number of methoxy groups -OCH3 is 2. The largest absolute Gasteiger partial charge is 0.503 e. The van der Waals surface area contributed by atoms with Crippen molar-refractivity contribution in [3.63, 3.8) is 0 Å². The lowest BCUT2D eigenvalue weighted by Gasteiger charge is -2.11. The highest BCUT2D eigenvalue weighted by atomic mass is 16.6.